The Balaban J connectivity index is 1.99. The second-order valence-corrected chi connectivity index (χ2v) is 7.39. The standard InChI is InChI=1S/C22H38N4O3/c1-5-23-22(24-13-14-26(2)15-16-27-3)25-17-18-9-8-12-20(28-4)21(18)29-19-10-6-7-11-19/h8-9,12,19H,5-7,10-11,13-17H2,1-4H3,(H2,23,24,25). The second kappa shape index (κ2) is 13.3. The van der Waals surface area contributed by atoms with Gasteiger partial charge in [0, 0.05) is 38.9 Å². The normalized spacial score (nSPS) is 15.0. The van der Waals surface area contributed by atoms with Crippen molar-refractivity contribution in [1.29, 1.82) is 0 Å². The summed E-state index contributed by atoms with van der Waals surface area (Å²) in [4.78, 5) is 7.00. The van der Waals surface area contributed by atoms with Crippen LogP contribution in [0.25, 0.3) is 0 Å². The molecule has 1 aliphatic carbocycles. The highest BCUT2D eigenvalue weighted by Gasteiger charge is 2.20. The number of para-hydroxylation sites is 1. The molecule has 0 aliphatic heterocycles. The summed E-state index contributed by atoms with van der Waals surface area (Å²) in [7, 11) is 5.51. The molecule has 1 saturated carbocycles. The van der Waals surface area contributed by atoms with Crippen molar-refractivity contribution in [3.63, 3.8) is 0 Å². The molecular formula is C22H38N4O3. The molecule has 0 radical (unpaired) electrons. The van der Waals surface area contributed by atoms with Gasteiger partial charge in [0.2, 0.25) is 0 Å². The summed E-state index contributed by atoms with van der Waals surface area (Å²) in [5, 5.41) is 6.72. The number of aliphatic imine (C=N–C) groups is 1. The van der Waals surface area contributed by atoms with E-state index >= 15 is 0 Å². The number of hydrogen-bond acceptors (Lipinski definition) is 5. The van der Waals surface area contributed by atoms with Crippen LogP contribution in [-0.4, -0.2) is 71.0 Å². The highest BCUT2D eigenvalue weighted by atomic mass is 16.5. The maximum atomic E-state index is 6.32. The van der Waals surface area contributed by atoms with E-state index in [0.29, 0.717) is 6.54 Å². The Morgan fingerprint density at radius 2 is 1.97 bits per heavy atom. The van der Waals surface area contributed by atoms with E-state index in [9.17, 15) is 0 Å². The van der Waals surface area contributed by atoms with Crippen molar-refractivity contribution in [2.24, 2.45) is 4.99 Å². The van der Waals surface area contributed by atoms with Crippen LogP contribution in [0.4, 0.5) is 0 Å². The lowest BCUT2D eigenvalue weighted by atomic mass is 10.1. The first-order chi connectivity index (χ1) is 14.2. The first kappa shape index (κ1) is 23.3. The van der Waals surface area contributed by atoms with Crippen LogP contribution in [0.3, 0.4) is 0 Å². The van der Waals surface area contributed by atoms with Crippen molar-refractivity contribution in [2.75, 3.05) is 54.1 Å². The van der Waals surface area contributed by atoms with Gasteiger partial charge in [-0.25, -0.2) is 4.99 Å². The van der Waals surface area contributed by atoms with Gasteiger partial charge in [0.05, 0.1) is 26.4 Å². The number of methoxy groups -OCH3 is 2. The highest BCUT2D eigenvalue weighted by Crippen LogP contribution is 2.35. The van der Waals surface area contributed by atoms with E-state index in [4.69, 9.17) is 19.2 Å². The molecule has 0 amide bonds. The zero-order valence-electron chi connectivity index (χ0n) is 18.5. The van der Waals surface area contributed by atoms with Gasteiger partial charge >= 0.3 is 0 Å². The minimum absolute atomic E-state index is 0.281. The van der Waals surface area contributed by atoms with Crippen LogP contribution in [0.1, 0.15) is 38.2 Å². The average molecular weight is 407 g/mol. The molecular weight excluding hydrogens is 368 g/mol. The molecule has 1 aromatic carbocycles. The summed E-state index contributed by atoms with van der Waals surface area (Å²) in [5.74, 6) is 2.42. The zero-order valence-corrected chi connectivity index (χ0v) is 18.5. The Morgan fingerprint density at radius 1 is 1.17 bits per heavy atom. The lowest BCUT2D eigenvalue weighted by molar-refractivity contribution is 0.162. The van der Waals surface area contributed by atoms with Crippen molar-refractivity contribution < 1.29 is 14.2 Å². The molecule has 0 bridgehead atoms. The summed E-state index contributed by atoms with van der Waals surface area (Å²) in [6, 6.07) is 6.02. The minimum atomic E-state index is 0.281. The van der Waals surface area contributed by atoms with Gasteiger partial charge in [0.1, 0.15) is 0 Å². The van der Waals surface area contributed by atoms with E-state index in [1.807, 2.05) is 12.1 Å². The van der Waals surface area contributed by atoms with E-state index in [2.05, 4.69) is 35.6 Å². The van der Waals surface area contributed by atoms with Crippen LogP contribution in [0, 0.1) is 0 Å². The molecule has 1 aromatic rings. The van der Waals surface area contributed by atoms with Crippen LogP contribution in [0.5, 0.6) is 11.5 Å². The summed E-state index contributed by atoms with van der Waals surface area (Å²) >= 11 is 0. The molecule has 164 valence electrons. The molecule has 2 N–H and O–H groups in total. The van der Waals surface area contributed by atoms with Crippen molar-refractivity contribution in [1.82, 2.24) is 15.5 Å². The predicted octanol–water partition coefficient (Wildman–Crippen LogP) is 2.65. The Bertz CT molecular complexity index is 618. The predicted molar refractivity (Wildman–Crippen MR) is 118 cm³/mol. The summed E-state index contributed by atoms with van der Waals surface area (Å²) in [6.07, 6.45) is 4.98. The van der Waals surface area contributed by atoms with Gasteiger partial charge in [0.25, 0.3) is 0 Å². The number of nitrogens with zero attached hydrogens (tertiary/aromatic N) is 2. The highest BCUT2D eigenvalue weighted by molar-refractivity contribution is 5.79. The van der Waals surface area contributed by atoms with Crippen molar-refractivity contribution in [2.45, 2.75) is 45.3 Å². The van der Waals surface area contributed by atoms with Crippen molar-refractivity contribution in [3.05, 3.63) is 23.8 Å². The lowest BCUT2D eigenvalue weighted by Crippen LogP contribution is -2.41. The fourth-order valence-electron chi connectivity index (χ4n) is 3.38. The van der Waals surface area contributed by atoms with Gasteiger partial charge < -0.3 is 29.7 Å². The van der Waals surface area contributed by atoms with Crippen LogP contribution in [0.15, 0.2) is 23.2 Å². The number of hydrogen-bond donors (Lipinski definition) is 2. The topological polar surface area (TPSA) is 67.4 Å². The number of guanidine groups is 1. The van der Waals surface area contributed by atoms with E-state index < -0.39 is 0 Å². The molecule has 0 spiro atoms. The van der Waals surface area contributed by atoms with Gasteiger partial charge in [-0.3, -0.25) is 0 Å². The monoisotopic (exact) mass is 406 g/mol. The summed E-state index contributed by atoms with van der Waals surface area (Å²) < 4.78 is 17.0. The first-order valence-electron chi connectivity index (χ1n) is 10.7. The number of benzene rings is 1. The van der Waals surface area contributed by atoms with Crippen LogP contribution < -0.4 is 20.1 Å². The quantitative estimate of drug-likeness (QED) is 0.411. The molecule has 7 nitrogen and oxygen atoms in total. The third-order valence-electron chi connectivity index (χ3n) is 5.08. The molecule has 29 heavy (non-hydrogen) atoms. The Morgan fingerprint density at radius 3 is 2.66 bits per heavy atom. The fourth-order valence-corrected chi connectivity index (χ4v) is 3.38. The molecule has 0 heterocycles. The average Bonchev–Trinajstić information content (AvgIpc) is 3.24. The van der Waals surface area contributed by atoms with E-state index in [-0.39, 0.29) is 6.10 Å². The van der Waals surface area contributed by atoms with Crippen molar-refractivity contribution >= 4 is 5.96 Å². The minimum Gasteiger partial charge on any atom is -0.493 e. The molecule has 1 aliphatic rings. The first-order valence-corrected chi connectivity index (χ1v) is 10.7. The fraction of sp³-hybridized carbons (Fsp3) is 0.682. The van der Waals surface area contributed by atoms with E-state index in [1.165, 1.54) is 12.8 Å². The second-order valence-electron chi connectivity index (χ2n) is 7.39. The molecule has 1 fully saturated rings. The van der Waals surface area contributed by atoms with Gasteiger partial charge in [-0.2, -0.15) is 0 Å². The van der Waals surface area contributed by atoms with Crippen LogP contribution in [-0.2, 0) is 11.3 Å². The maximum absolute atomic E-state index is 6.32. The van der Waals surface area contributed by atoms with Gasteiger partial charge in [0.15, 0.2) is 17.5 Å². The maximum Gasteiger partial charge on any atom is 0.191 e. The largest absolute Gasteiger partial charge is 0.493 e. The molecule has 0 unspecified atom stereocenters. The zero-order chi connectivity index (χ0) is 20.9. The number of ether oxygens (including phenoxy) is 3. The van der Waals surface area contributed by atoms with Crippen molar-refractivity contribution in [3.8, 4) is 11.5 Å². The Hall–Kier alpha value is -1.99. The number of likely N-dealkylation sites (N-methyl/N-ethyl adjacent to an activating group) is 1. The van der Waals surface area contributed by atoms with E-state index in [0.717, 1.165) is 68.6 Å². The molecule has 0 saturated heterocycles. The number of rotatable bonds is 12. The lowest BCUT2D eigenvalue weighted by Gasteiger charge is -2.19. The third-order valence-corrected chi connectivity index (χ3v) is 5.08. The number of nitrogens with one attached hydrogen (secondary N) is 2. The molecule has 7 heteroatoms. The van der Waals surface area contributed by atoms with Gasteiger partial charge in [-0.1, -0.05) is 12.1 Å². The van der Waals surface area contributed by atoms with Crippen LogP contribution in [0.2, 0.25) is 0 Å². The molecule has 0 atom stereocenters. The van der Waals surface area contributed by atoms with Gasteiger partial charge in [-0.05, 0) is 45.7 Å². The molecule has 2 rings (SSSR count). The summed E-state index contributed by atoms with van der Waals surface area (Å²) in [5.41, 5.74) is 1.05. The molecule has 0 aromatic heterocycles. The third kappa shape index (κ3) is 8.11. The SMILES string of the molecule is CCNC(=NCc1cccc(OC)c1OC1CCCC1)NCCN(C)CCOC. The Labute approximate surface area is 175 Å². The smallest absolute Gasteiger partial charge is 0.191 e. The summed E-state index contributed by atoms with van der Waals surface area (Å²) in [6.45, 7) is 6.81. The van der Waals surface area contributed by atoms with Crippen LogP contribution >= 0.6 is 0 Å². The van der Waals surface area contributed by atoms with Gasteiger partial charge in [-0.15, -0.1) is 0 Å². The van der Waals surface area contributed by atoms with E-state index in [1.54, 1.807) is 14.2 Å². The Kier molecular flexibility index (Phi) is 10.7.